The molecule has 0 saturated carbocycles. The summed E-state index contributed by atoms with van der Waals surface area (Å²) < 4.78 is 5.23. The summed E-state index contributed by atoms with van der Waals surface area (Å²) in [6.45, 7) is 6.38. The van der Waals surface area contributed by atoms with E-state index >= 15 is 0 Å². The fourth-order valence-corrected chi connectivity index (χ4v) is 1.44. The summed E-state index contributed by atoms with van der Waals surface area (Å²) in [5.41, 5.74) is 6.85. The van der Waals surface area contributed by atoms with E-state index in [1.54, 1.807) is 20.8 Å². The summed E-state index contributed by atoms with van der Waals surface area (Å²) in [6, 6.07) is 0. The molecular weight excluding hydrogens is 196 g/mol. The zero-order chi connectivity index (χ0) is 11.5. The van der Waals surface area contributed by atoms with Gasteiger partial charge in [0, 0.05) is 11.5 Å². The van der Waals surface area contributed by atoms with Crippen molar-refractivity contribution in [2.75, 3.05) is 13.1 Å². The third-order valence-electron chi connectivity index (χ3n) is 2.15. The molecule has 84 valence electrons. The van der Waals surface area contributed by atoms with Crippen LogP contribution < -0.4 is 5.32 Å². The lowest BCUT2D eigenvalue weighted by Crippen LogP contribution is -2.43. The molecule has 1 N–H and O–H groups in total. The van der Waals surface area contributed by atoms with Crippen molar-refractivity contribution in [3.05, 3.63) is 10.4 Å². The SMILES string of the molecule is CC(C)(C)OC(=O)C1(N=[N+]=[N-])CCNC1. The van der Waals surface area contributed by atoms with Crippen LogP contribution in [0.25, 0.3) is 10.4 Å². The molecule has 0 aliphatic carbocycles. The molecule has 1 fully saturated rings. The molecule has 0 bridgehead atoms. The minimum Gasteiger partial charge on any atom is -0.459 e. The standard InChI is InChI=1S/C9H16N4O2/c1-8(2,3)15-7(14)9(12-13-10)4-5-11-6-9/h11H,4-6H2,1-3H3. The van der Waals surface area contributed by atoms with Crippen LogP contribution in [0.4, 0.5) is 0 Å². The van der Waals surface area contributed by atoms with E-state index in [2.05, 4.69) is 15.3 Å². The van der Waals surface area contributed by atoms with Crippen LogP contribution in [-0.4, -0.2) is 30.2 Å². The first-order valence-electron chi connectivity index (χ1n) is 4.90. The highest BCUT2D eigenvalue weighted by Gasteiger charge is 2.43. The van der Waals surface area contributed by atoms with Crippen LogP contribution in [0.15, 0.2) is 5.11 Å². The highest BCUT2D eigenvalue weighted by Crippen LogP contribution is 2.24. The lowest BCUT2D eigenvalue weighted by atomic mass is 10.00. The fraction of sp³-hybridized carbons (Fsp3) is 0.889. The van der Waals surface area contributed by atoms with E-state index in [9.17, 15) is 4.79 Å². The molecular formula is C9H16N4O2. The van der Waals surface area contributed by atoms with Crippen LogP contribution in [0.3, 0.4) is 0 Å². The minimum absolute atomic E-state index is 0.353. The molecule has 1 aliphatic rings. The molecule has 1 aliphatic heterocycles. The first kappa shape index (κ1) is 11.8. The van der Waals surface area contributed by atoms with E-state index in [0.29, 0.717) is 19.5 Å². The van der Waals surface area contributed by atoms with Crippen molar-refractivity contribution >= 4 is 5.97 Å². The lowest BCUT2D eigenvalue weighted by molar-refractivity contribution is -0.160. The van der Waals surface area contributed by atoms with Gasteiger partial charge >= 0.3 is 5.97 Å². The summed E-state index contributed by atoms with van der Waals surface area (Å²) in [4.78, 5) is 14.6. The van der Waals surface area contributed by atoms with Gasteiger partial charge in [0.2, 0.25) is 0 Å². The Kier molecular flexibility index (Phi) is 3.21. The molecule has 1 rings (SSSR count). The molecule has 6 nitrogen and oxygen atoms in total. The monoisotopic (exact) mass is 212 g/mol. The van der Waals surface area contributed by atoms with Gasteiger partial charge < -0.3 is 10.1 Å². The van der Waals surface area contributed by atoms with Gasteiger partial charge in [-0.3, -0.25) is 4.79 Å². The maximum absolute atomic E-state index is 11.8. The third-order valence-corrected chi connectivity index (χ3v) is 2.15. The van der Waals surface area contributed by atoms with Crippen LogP contribution in [-0.2, 0) is 9.53 Å². The van der Waals surface area contributed by atoms with Gasteiger partial charge in [-0.1, -0.05) is 5.11 Å². The van der Waals surface area contributed by atoms with E-state index in [4.69, 9.17) is 10.3 Å². The maximum Gasteiger partial charge on any atom is 0.319 e. The summed E-state index contributed by atoms with van der Waals surface area (Å²) in [5, 5.41) is 6.58. The van der Waals surface area contributed by atoms with Gasteiger partial charge in [-0.05, 0) is 39.3 Å². The van der Waals surface area contributed by atoms with Gasteiger partial charge in [-0.2, -0.15) is 0 Å². The van der Waals surface area contributed by atoms with Crippen LogP contribution in [0, 0.1) is 0 Å². The number of azide groups is 1. The number of nitrogens with zero attached hydrogens (tertiary/aromatic N) is 3. The number of hydrogen-bond acceptors (Lipinski definition) is 4. The second-order valence-corrected chi connectivity index (χ2v) is 4.65. The molecule has 0 aromatic rings. The Balaban J connectivity index is 2.81. The average molecular weight is 212 g/mol. The smallest absolute Gasteiger partial charge is 0.319 e. The molecule has 0 aromatic heterocycles. The van der Waals surface area contributed by atoms with Crippen molar-refractivity contribution in [2.45, 2.75) is 38.3 Å². The van der Waals surface area contributed by atoms with Crippen LogP contribution in [0.5, 0.6) is 0 Å². The van der Waals surface area contributed by atoms with Crippen molar-refractivity contribution in [3.63, 3.8) is 0 Å². The van der Waals surface area contributed by atoms with Crippen LogP contribution in [0.2, 0.25) is 0 Å². The summed E-state index contributed by atoms with van der Waals surface area (Å²) in [5.74, 6) is -0.446. The Hall–Kier alpha value is -1.26. The Morgan fingerprint density at radius 3 is 2.67 bits per heavy atom. The Bertz CT molecular complexity index is 296. The first-order valence-corrected chi connectivity index (χ1v) is 4.90. The number of nitrogens with one attached hydrogen (secondary N) is 1. The van der Waals surface area contributed by atoms with Gasteiger partial charge in [0.15, 0.2) is 5.54 Å². The molecule has 0 amide bonds. The summed E-state index contributed by atoms with van der Waals surface area (Å²) in [6.07, 6.45) is 0.492. The van der Waals surface area contributed by atoms with Crippen molar-refractivity contribution < 1.29 is 9.53 Å². The predicted molar refractivity (Wildman–Crippen MR) is 55.2 cm³/mol. The second-order valence-electron chi connectivity index (χ2n) is 4.65. The molecule has 1 saturated heterocycles. The highest BCUT2D eigenvalue weighted by atomic mass is 16.6. The Labute approximate surface area is 88.6 Å². The predicted octanol–water partition coefficient (Wildman–Crippen LogP) is 1.37. The quantitative estimate of drug-likeness (QED) is 0.324. The molecule has 0 radical (unpaired) electrons. The summed E-state index contributed by atoms with van der Waals surface area (Å²) in [7, 11) is 0. The van der Waals surface area contributed by atoms with Crippen molar-refractivity contribution in [3.8, 4) is 0 Å². The lowest BCUT2D eigenvalue weighted by Gasteiger charge is -2.26. The zero-order valence-electron chi connectivity index (χ0n) is 9.28. The number of carbonyl (C=O) groups is 1. The minimum atomic E-state index is -1.05. The number of hydrogen-bond donors (Lipinski definition) is 1. The van der Waals surface area contributed by atoms with Crippen molar-refractivity contribution in [1.82, 2.24) is 5.32 Å². The van der Waals surface area contributed by atoms with E-state index in [1.165, 1.54) is 0 Å². The maximum atomic E-state index is 11.8. The van der Waals surface area contributed by atoms with Gasteiger partial charge in [-0.25, -0.2) is 0 Å². The molecule has 0 aromatic carbocycles. The van der Waals surface area contributed by atoms with Gasteiger partial charge in [0.25, 0.3) is 0 Å². The van der Waals surface area contributed by atoms with Crippen molar-refractivity contribution in [2.24, 2.45) is 5.11 Å². The number of ether oxygens (including phenoxy) is 1. The van der Waals surface area contributed by atoms with Gasteiger partial charge in [0.1, 0.15) is 5.60 Å². The number of carbonyl (C=O) groups excluding carboxylic acids is 1. The molecule has 0 spiro atoms. The second kappa shape index (κ2) is 4.08. The zero-order valence-corrected chi connectivity index (χ0v) is 9.28. The van der Waals surface area contributed by atoms with Gasteiger partial charge in [0.05, 0.1) is 0 Å². The Morgan fingerprint density at radius 2 is 2.27 bits per heavy atom. The summed E-state index contributed by atoms with van der Waals surface area (Å²) >= 11 is 0. The first-order chi connectivity index (χ1) is 6.90. The topological polar surface area (TPSA) is 87.1 Å². The van der Waals surface area contributed by atoms with Gasteiger partial charge in [-0.15, -0.1) is 0 Å². The fourth-order valence-electron chi connectivity index (χ4n) is 1.44. The van der Waals surface area contributed by atoms with Crippen LogP contribution >= 0.6 is 0 Å². The largest absolute Gasteiger partial charge is 0.459 e. The molecule has 1 heterocycles. The molecule has 6 heteroatoms. The van der Waals surface area contributed by atoms with E-state index in [1.807, 2.05) is 0 Å². The van der Waals surface area contributed by atoms with E-state index < -0.39 is 17.1 Å². The average Bonchev–Trinajstić information content (AvgIpc) is 2.51. The molecule has 1 atom stereocenters. The van der Waals surface area contributed by atoms with E-state index in [-0.39, 0.29) is 0 Å². The molecule has 1 unspecified atom stereocenters. The Morgan fingerprint density at radius 1 is 1.60 bits per heavy atom. The van der Waals surface area contributed by atoms with E-state index in [0.717, 1.165) is 0 Å². The normalized spacial score (nSPS) is 25.8. The number of esters is 1. The van der Waals surface area contributed by atoms with Crippen LogP contribution in [0.1, 0.15) is 27.2 Å². The van der Waals surface area contributed by atoms with Crippen molar-refractivity contribution in [1.29, 1.82) is 0 Å². The third kappa shape index (κ3) is 2.84. The number of rotatable bonds is 2. The highest BCUT2D eigenvalue weighted by molar-refractivity contribution is 5.82. The molecule has 15 heavy (non-hydrogen) atoms.